The summed E-state index contributed by atoms with van der Waals surface area (Å²) >= 11 is 10.7. The Kier molecular flexibility index (Phi) is 3.93. The zero-order chi connectivity index (χ0) is 13.1. The fraction of sp³-hybridized carbons (Fsp3) is 0.167. The third kappa shape index (κ3) is 2.68. The highest BCUT2D eigenvalue weighted by atomic mass is 35.5. The van der Waals surface area contributed by atoms with Gasteiger partial charge >= 0.3 is 0 Å². The van der Waals surface area contributed by atoms with Gasteiger partial charge in [0, 0.05) is 22.8 Å². The number of aromatic nitrogens is 2. The van der Waals surface area contributed by atoms with Gasteiger partial charge in [0.15, 0.2) is 5.82 Å². The van der Waals surface area contributed by atoms with Crippen LogP contribution in [0.25, 0.3) is 0 Å². The molecule has 1 N–H and O–H groups in total. The van der Waals surface area contributed by atoms with Crippen LogP contribution in [0.2, 0.25) is 5.02 Å². The van der Waals surface area contributed by atoms with Crippen molar-refractivity contribution in [3.8, 4) is 0 Å². The van der Waals surface area contributed by atoms with Crippen molar-refractivity contribution in [3.63, 3.8) is 0 Å². The van der Waals surface area contributed by atoms with Gasteiger partial charge in [-0.15, -0.1) is 0 Å². The zero-order valence-corrected chi connectivity index (χ0v) is 11.2. The Hall–Kier alpha value is -1.46. The molecule has 1 aromatic carbocycles. The van der Waals surface area contributed by atoms with Gasteiger partial charge in [-0.25, -0.2) is 4.39 Å². The highest BCUT2D eigenvalue weighted by Gasteiger charge is 2.11. The number of anilines is 1. The van der Waals surface area contributed by atoms with E-state index < -0.39 is 0 Å². The minimum Gasteiger partial charge on any atom is -0.336 e. The Morgan fingerprint density at radius 1 is 1.50 bits per heavy atom. The molecule has 94 valence electrons. The highest BCUT2D eigenvalue weighted by Crippen LogP contribution is 2.23. The first-order valence-electron chi connectivity index (χ1n) is 5.29. The molecule has 0 amide bonds. The van der Waals surface area contributed by atoms with Crippen molar-refractivity contribution in [2.45, 2.75) is 13.5 Å². The summed E-state index contributed by atoms with van der Waals surface area (Å²) in [6, 6.07) is 5.10. The van der Waals surface area contributed by atoms with Crippen molar-refractivity contribution in [1.29, 1.82) is 0 Å². The average molecular weight is 284 g/mol. The van der Waals surface area contributed by atoms with Crippen LogP contribution in [0.5, 0.6) is 0 Å². The number of nitrogens with one attached hydrogen (secondary N) is 1. The monoisotopic (exact) mass is 283 g/mol. The molecule has 0 saturated heterocycles. The maximum Gasteiger partial charge on any atom is 0.152 e. The Balaban J connectivity index is 2.27. The van der Waals surface area contributed by atoms with Crippen LogP contribution >= 0.6 is 23.8 Å². The summed E-state index contributed by atoms with van der Waals surface area (Å²) in [6.07, 6.45) is 1.74. The van der Waals surface area contributed by atoms with Gasteiger partial charge in [0.2, 0.25) is 0 Å². The molecule has 0 aliphatic rings. The molecule has 18 heavy (non-hydrogen) atoms. The first-order valence-corrected chi connectivity index (χ1v) is 6.14. The van der Waals surface area contributed by atoms with Crippen molar-refractivity contribution < 1.29 is 4.39 Å². The molecule has 1 heterocycles. The molecular weight excluding hydrogens is 273 g/mol. The van der Waals surface area contributed by atoms with Crippen molar-refractivity contribution in [2.75, 3.05) is 5.32 Å². The minimum absolute atomic E-state index is 0.283. The van der Waals surface area contributed by atoms with Crippen LogP contribution in [-0.4, -0.2) is 15.3 Å². The molecule has 6 heteroatoms. The number of benzene rings is 1. The molecule has 0 bridgehead atoms. The predicted molar refractivity (Wildman–Crippen MR) is 74.8 cm³/mol. The van der Waals surface area contributed by atoms with Crippen LogP contribution in [0, 0.1) is 12.7 Å². The molecule has 2 rings (SSSR count). The molecule has 0 fully saturated rings. The molecule has 2 aromatic rings. The summed E-state index contributed by atoms with van der Waals surface area (Å²) in [7, 11) is 0. The molecule has 0 atom stereocenters. The van der Waals surface area contributed by atoms with Crippen LogP contribution in [0.1, 0.15) is 11.1 Å². The molecular formula is C12H11ClFN3S. The van der Waals surface area contributed by atoms with Gasteiger partial charge in [-0.1, -0.05) is 29.9 Å². The van der Waals surface area contributed by atoms with E-state index in [1.54, 1.807) is 36.0 Å². The lowest BCUT2D eigenvalue weighted by Crippen LogP contribution is -2.05. The number of halogens is 2. The van der Waals surface area contributed by atoms with Gasteiger partial charge < -0.3 is 5.32 Å². The lowest BCUT2D eigenvalue weighted by molar-refractivity contribution is 0.579. The smallest absolute Gasteiger partial charge is 0.152 e. The molecule has 0 aliphatic heterocycles. The summed E-state index contributed by atoms with van der Waals surface area (Å²) in [5.41, 5.74) is 2.37. The summed E-state index contributed by atoms with van der Waals surface area (Å²) in [5.74, 6) is 0.330. The second kappa shape index (κ2) is 5.46. The Morgan fingerprint density at radius 2 is 2.28 bits per heavy atom. The number of thiocarbonyl (C=S) groups is 1. The first kappa shape index (κ1) is 13.0. The molecule has 0 unspecified atom stereocenters. The Morgan fingerprint density at radius 3 is 3.00 bits per heavy atom. The van der Waals surface area contributed by atoms with Crippen LogP contribution in [0.4, 0.5) is 10.2 Å². The number of hydrogen-bond acceptors (Lipinski definition) is 2. The molecule has 0 saturated carbocycles. The molecule has 1 aromatic heterocycles. The fourth-order valence-corrected chi connectivity index (χ4v) is 1.94. The van der Waals surface area contributed by atoms with Crippen molar-refractivity contribution >= 4 is 35.1 Å². The largest absolute Gasteiger partial charge is 0.336 e. The SMILES string of the molecule is Cc1ccc(Cl)c(Cn2ccc(NC=S)n2)c1F. The normalized spacial score (nSPS) is 10.4. The average Bonchev–Trinajstić information content (AvgIpc) is 2.78. The number of hydrogen-bond donors (Lipinski definition) is 1. The lowest BCUT2D eigenvalue weighted by atomic mass is 10.1. The summed E-state index contributed by atoms with van der Waals surface area (Å²) in [4.78, 5) is 0. The maximum absolute atomic E-state index is 13.9. The van der Waals surface area contributed by atoms with Crippen LogP contribution in [-0.2, 0) is 6.54 Å². The predicted octanol–water partition coefficient (Wildman–Crippen LogP) is 3.40. The second-order valence-corrected chi connectivity index (χ2v) is 4.46. The number of rotatable bonds is 4. The van der Waals surface area contributed by atoms with E-state index in [9.17, 15) is 4.39 Å². The van der Waals surface area contributed by atoms with E-state index >= 15 is 0 Å². The highest BCUT2D eigenvalue weighted by molar-refractivity contribution is 7.79. The molecule has 0 radical (unpaired) electrons. The first-order chi connectivity index (χ1) is 8.61. The molecule has 0 spiro atoms. The van der Waals surface area contributed by atoms with E-state index in [0.29, 0.717) is 22.0 Å². The van der Waals surface area contributed by atoms with E-state index in [1.807, 2.05) is 0 Å². The van der Waals surface area contributed by atoms with Gasteiger partial charge in [0.25, 0.3) is 0 Å². The molecule has 0 aliphatic carbocycles. The minimum atomic E-state index is -0.289. The van der Waals surface area contributed by atoms with Crippen molar-refractivity contribution in [1.82, 2.24) is 9.78 Å². The van der Waals surface area contributed by atoms with Crippen LogP contribution < -0.4 is 5.32 Å². The Labute approximate surface area is 115 Å². The van der Waals surface area contributed by atoms with Crippen molar-refractivity contribution in [2.24, 2.45) is 0 Å². The van der Waals surface area contributed by atoms with Gasteiger partial charge in [0.1, 0.15) is 5.82 Å². The van der Waals surface area contributed by atoms with E-state index in [-0.39, 0.29) is 12.4 Å². The quantitative estimate of drug-likeness (QED) is 0.872. The maximum atomic E-state index is 13.9. The van der Waals surface area contributed by atoms with Gasteiger partial charge in [0.05, 0.1) is 12.0 Å². The van der Waals surface area contributed by atoms with Gasteiger partial charge in [-0.2, -0.15) is 5.10 Å². The number of aryl methyl sites for hydroxylation is 1. The third-order valence-corrected chi connectivity index (χ3v) is 3.02. The zero-order valence-electron chi connectivity index (χ0n) is 9.65. The van der Waals surface area contributed by atoms with Crippen LogP contribution in [0.15, 0.2) is 24.4 Å². The van der Waals surface area contributed by atoms with E-state index in [2.05, 4.69) is 22.6 Å². The van der Waals surface area contributed by atoms with Gasteiger partial charge in [-0.05, 0) is 18.6 Å². The summed E-state index contributed by atoms with van der Waals surface area (Å²) < 4.78 is 15.5. The van der Waals surface area contributed by atoms with E-state index in [4.69, 9.17) is 11.6 Å². The van der Waals surface area contributed by atoms with E-state index in [1.165, 1.54) is 5.49 Å². The summed E-state index contributed by atoms with van der Waals surface area (Å²) in [5, 5.41) is 7.38. The third-order valence-electron chi connectivity index (χ3n) is 2.55. The Bertz CT molecular complexity index is 583. The fourth-order valence-electron chi connectivity index (χ4n) is 1.61. The summed E-state index contributed by atoms with van der Waals surface area (Å²) in [6.45, 7) is 1.99. The van der Waals surface area contributed by atoms with Gasteiger partial charge in [-0.3, -0.25) is 4.68 Å². The van der Waals surface area contributed by atoms with Crippen LogP contribution in [0.3, 0.4) is 0 Å². The standard InChI is InChI=1S/C12H11ClFN3S/c1-8-2-3-10(13)9(12(8)14)6-17-5-4-11(16-17)15-7-18/h2-5,7H,6H2,1H3,(H,15,16,18). The lowest BCUT2D eigenvalue weighted by Gasteiger charge is -2.08. The molecule has 3 nitrogen and oxygen atoms in total. The topological polar surface area (TPSA) is 29.9 Å². The van der Waals surface area contributed by atoms with E-state index in [0.717, 1.165) is 0 Å². The second-order valence-electron chi connectivity index (χ2n) is 3.82. The van der Waals surface area contributed by atoms with Crippen molar-refractivity contribution in [3.05, 3.63) is 46.4 Å². The number of nitrogens with zero attached hydrogens (tertiary/aromatic N) is 2.